The SMILES string of the molecule is C[Si](C)(C)CCOCn1c(N=[N+]=[N-])nc(Br)c1C(=O)NCc1ccc(Br)c(Oc2cc(Cl)cc(C#N)c2)c1F. The van der Waals surface area contributed by atoms with Crippen molar-refractivity contribution in [1.29, 1.82) is 5.26 Å². The number of halogens is 4. The third-order valence-corrected chi connectivity index (χ3v) is 8.36. The predicted octanol–water partition coefficient (Wildman–Crippen LogP) is 8.05. The minimum Gasteiger partial charge on any atom is -0.453 e. The minimum atomic E-state index is -1.34. The summed E-state index contributed by atoms with van der Waals surface area (Å²) in [5.74, 6) is -1.33. The van der Waals surface area contributed by atoms with Crippen LogP contribution in [0.5, 0.6) is 11.5 Å². The summed E-state index contributed by atoms with van der Waals surface area (Å²) in [5, 5.41) is 15.6. The van der Waals surface area contributed by atoms with E-state index in [1.165, 1.54) is 28.8 Å². The van der Waals surface area contributed by atoms with Crippen LogP contribution in [0.4, 0.5) is 10.3 Å². The maximum absolute atomic E-state index is 15.4. The Bertz CT molecular complexity index is 1480. The van der Waals surface area contributed by atoms with Crippen LogP contribution in [0.15, 0.2) is 44.5 Å². The first-order valence-electron chi connectivity index (χ1n) is 11.5. The molecule has 3 aromatic rings. The first kappa shape index (κ1) is 30.6. The molecule has 0 radical (unpaired) electrons. The molecule has 1 N–H and O–H groups in total. The zero-order valence-corrected chi connectivity index (χ0v) is 26.1. The highest BCUT2D eigenvalue weighted by atomic mass is 79.9. The van der Waals surface area contributed by atoms with Gasteiger partial charge >= 0.3 is 0 Å². The first-order valence-corrected chi connectivity index (χ1v) is 17.1. The molecule has 0 fully saturated rings. The molecule has 0 aliphatic carbocycles. The van der Waals surface area contributed by atoms with Crippen molar-refractivity contribution >= 4 is 63.4 Å². The number of azide groups is 1. The van der Waals surface area contributed by atoms with Crippen molar-refractivity contribution in [2.75, 3.05) is 6.61 Å². The molecule has 0 aliphatic rings. The van der Waals surface area contributed by atoms with E-state index in [9.17, 15) is 4.79 Å². The van der Waals surface area contributed by atoms with Crippen molar-refractivity contribution in [3.8, 4) is 17.6 Å². The van der Waals surface area contributed by atoms with Gasteiger partial charge in [-0.2, -0.15) is 5.26 Å². The van der Waals surface area contributed by atoms with Crippen LogP contribution in [-0.4, -0.2) is 30.1 Å². The Balaban J connectivity index is 1.80. The lowest BCUT2D eigenvalue weighted by Crippen LogP contribution is -2.27. The summed E-state index contributed by atoms with van der Waals surface area (Å²) in [6.07, 6.45) is 0. The molecule has 1 aromatic heterocycles. The number of imidazole rings is 1. The minimum absolute atomic E-state index is 0.0497. The van der Waals surface area contributed by atoms with Gasteiger partial charge in [-0.1, -0.05) is 37.3 Å². The van der Waals surface area contributed by atoms with Crippen LogP contribution in [0.3, 0.4) is 0 Å². The first-order chi connectivity index (χ1) is 18.4. The number of benzene rings is 2. The zero-order chi connectivity index (χ0) is 28.7. The van der Waals surface area contributed by atoms with Crippen molar-refractivity contribution in [2.24, 2.45) is 5.11 Å². The van der Waals surface area contributed by atoms with Gasteiger partial charge < -0.3 is 14.8 Å². The Morgan fingerprint density at radius 2 is 2.08 bits per heavy atom. The third kappa shape index (κ3) is 8.28. The standard InChI is InChI=1S/C24H23Br2ClFN7O3Si/c1-39(2,3)7-6-37-13-35-20(22(26)32-24(35)33-34-30)23(36)31-12-15-4-5-18(25)21(19(15)28)38-17-9-14(11-29)8-16(27)10-17/h4-5,8-10H,6-7,12-13H2,1-3H3,(H,31,36). The second-order valence-electron chi connectivity index (χ2n) is 9.44. The molecule has 0 saturated carbocycles. The molecule has 204 valence electrons. The maximum atomic E-state index is 15.4. The fraction of sp³-hybridized carbons (Fsp3) is 0.292. The quantitative estimate of drug-likeness (QED) is 0.0710. The molecule has 0 bridgehead atoms. The van der Waals surface area contributed by atoms with E-state index in [0.717, 1.165) is 6.04 Å². The van der Waals surface area contributed by atoms with Gasteiger partial charge in [-0.3, -0.25) is 9.36 Å². The van der Waals surface area contributed by atoms with Crippen molar-refractivity contribution in [3.05, 3.63) is 77.5 Å². The monoisotopic (exact) mass is 697 g/mol. The second kappa shape index (κ2) is 13.4. The van der Waals surface area contributed by atoms with E-state index in [-0.39, 0.29) is 57.2 Å². The molecule has 0 atom stereocenters. The number of hydrogen-bond donors (Lipinski definition) is 1. The lowest BCUT2D eigenvalue weighted by Gasteiger charge is -2.17. The number of nitrogens with one attached hydrogen (secondary N) is 1. The number of amides is 1. The average Bonchev–Trinajstić information content (AvgIpc) is 3.17. The average molecular weight is 700 g/mol. The van der Waals surface area contributed by atoms with Crippen LogP contribution < -0.4 is 10.1 Å². The Kier molecular flexibility index (Phi) is 10.5. The molecule has 10 nitrogen and oxygen atoms in total. The van der Waals surface area contributed by atoms with Crippen LogP contribution in [0.25, 0.3) is 10.4 Å². The molecule has 0 saturated heterocycles. The van der Waals surface area contributed by atoms with Gasteiger partial charge in [-0.05, 0) is 72.8 Å². The lowest BCUT2D eigenvalue weighted by atomic mass is 10.2. The topological polar surface area (TPSA) is 138 Å². The molecule has 15 heteroatoms. The number of ether oxygens (including phenoxy) is 2. The maximum Gasteiger partial charge on any atom is 0.271 e. The number of aromatic nitrogens is 2. The highest BCUT2D eigenvalue weighted by Gasteiger charge is 2.23. The largest absolute Gasteiger partial charge is 0.453 e. The Morgan fingerprint density at radius 3 is 2.74 bits per heavy atom. The number of hydrogen-bond acceptors (Lipinski definition) is 6. The highest BCUT2D eigenvalue weighted by Crippen LogP contribution is 2.35. The normalized spacial score (nSPS) is 11.0. The number of rotatable bonds is 11. The van der Waals surface area contributed by atoms with Crippen LogP contribution in [-0.2, 0) is 18.0 Å². The Morgan fingerprint density at radius 1 is 1.33 bits per heavy atom. The summed E-state index contributed by atoms with van der Waals surface area (Å²) >= 11 is 12.5. The van der Waals surface area contributed by atoms with Crippen molar-refractivity contribution in [2.45, 2.75) is 39.0 Å². The molecule has 0 unspecified atom stereocenters. The Hall–Kier alpha value is -2.92. The van der Waals surface area contributed by atoms with E-state index in [1.807, 2.05) is 6.07 Å². The second-order valence-corrected chi connectivity index (χ2v) is 17.1. The van der Waals surface area contributed by atoms with E-state index in [4.69, 9.17) is 31.9 Å². The van der Waals surface area contributed by atoms with Crippen molar-refractivity contribution in [3.63, 3.8) is 0 Å². The van der Waals surface area contributed by atoms with E-state index >= 15 is 4.39 Å². The van der Waals surface area contributed by atoms with Gasteiger partial charge in [0.05, 0.1) is 16.1 Å². The van der Waals surface area contributed by atoms with Crippen molar-refractivity contribution in [1.82, 2.24) is 14.9 Å². The van der Waals surface area contributed by atoms with Crippen LogP contribution >= 0.6 is 43.5 Å². The van der Waals surface area contributed by atoms with Gasteiger partial charge in [-0.25, -0.2) is 9.37 Å². The highest BCUT2D eigenvalue weighted by molar-refractivity contribution is 9.10. The number of carbonyl (C=O) groups excluding carboxylic acids is 1. The summed E-state index contributed by atoms with van der Waals surface area (Å²) in [5.41, 5.74) is 9.36. The predicted molar refractivity (Wildman–Crippen MR) is 154 cm³/mol. The van der Waals surface area contributed by atoms with Gasteiger partial charge in [0.2, 0.25) is 5.95 Å². The Labute approximate surface area is 247 Å². The van der Waals surface area contributed by atoms with Crippen molar-refractivity contribution < 1.29 is 18.7 Å². The number of nitrogens with zero attached hydrogens (tertiary/aromatic N) is 6. The third-order valence-electron chi connectivity index (χ3n) is 5.26. The van der Waals surface area contributed by atoms with Gasteiger partial charge in [0.15, 0.2) is 11.6 Å². The van der Waals surface area contributed by atoms with Gasteiger partial charge in [0.1, 0.15) is 22.8 Å². The fourth-order valence-electron chi connectivity index (χ4n) is 3.27. The summed E-state index contributed by atoms with van der Waals surface area (Å²) in [7, 11) is -1.34. The van der Waals surface area contributed by atoms with E-state index in [1.54, 1.807) is 6.07 Å². The molecule has 3 rings (SSSR count). The number of nitriles is 1. The molecule has 39 heavy (non-hydrogen) atoms. The molecular formula is C24H23Br2ClFN7O3Si. The van der Waals surface area contributed by atoms with Crippen LogP contribution in [0.2, 0.25) is 30.7 Å². The lowest BCUT2D eigenvalue weighted by molar-refractivity contribution is 0.0796. The fourth-order valence-corrected chi connectivity index (χ4v) is 5.19. The van der Waals surface area contributed by atoms with Gasteiger partial charge in [0.25, 0.3) is 5.91 Å². The van der Waals surface area contributed by atoms with Gasteiger partial charge in [0, 0.05) is 36.7 Å². The summed E-state index contributed by atoms with van der Waals surface area (Å²) in [4.78, 5) is 20.0. The van der Waals surface area contributed by atoms with E-state index < -0.39 is 19.8 Å². The smallest absolute Gasteiger partial charge is 0.271 e. The zero-order valence-electron chi connectivity index (χ0n) is 21.1. The molecule has 1 heterocycles. The van der Waals surface area contributed by atoms with Gasteiger partial charge in [-0.15, -0.1) is 0 Å². The number of carbonyl (C=O) groups is 1. The molecule has 0 aliphatic heterocycles. The molecule has 1 amide bonds. The summed E-state index contributed by atoms with van der Waals surface area (Å²) < 4.78 is 28.7. The van der Waals surface area contributed by atoms with Crippen LogP contribution in [0, 0.1) is 17.1 Å². The summed E-state index contributed by atoms with van der Waals surface area (Å²) in [6.45, 7) is 6.85. The molecule has 0 spiro atoms. The van der Waals surface area contributed by atoms with Crippen LogP contribution in [0.1, 0.15) is 21.6 Å². The molecular weight excluding hydrogens is 677 g/mol. The molecule has 2 aromatic carbocycles. The van der Waals surface area contributed by atoms with E-state index in [2.05, 4.69) is 71.8 Å². The summed E-state index contributed by atoms with van der Waals surface area (Å²) in [6, 6.07) is 10.3. The van der Waals surface area contributed by atoms with E-state index in [0.29, 0.717) is 11.1 Å².